The van der Waals surface area contributed by atoms with Gasteiger partial charge in [0.2, 0.25) is 0 Å². The lowest BCUT2D eigenvalue weighted by Crippen LogP contribution is -2.39. The predicted molar refractivity (Wildman–Crippen MR) is 89.7 cm³/mol. The summed E-state index contributed by atoms with van der Waals surface area (Å²) >= 11 is 0. The zero-order chi connectivity index (χ0) is 18.7. The molecule has 0 bridgehead atoms. The van der Waals surface area contributed by atoms with Gasteiger partial charge in [0.15, 0.2) is 0 Å². The lowest BCUT2D eigenvalue weighted by Gasteiger charge is -2.29. The number of carboxylic acids is 1. The van der Waals surface area contributed by atoms with Crippen molar-refractivity contribution in [2.75, 3.05) is 0 Å². The van der Waals surface area contributed by atoms with E-state index in [-0.39, 0.29) is 29.4 Å². The minimum atomic E-state index is -1.19. The molecular formula is C19H18F2N2O3. The second-order valence-corrected chi connectivity index (χ2v) is 6.31. The molecule has 1 aromatic heterocycles. The van der Waals surface area contributed by atoms with Crippen molar-refractivity contribution in [2.45, 2.75) is 38.3 Å². The van der Waals surface area contributed by atoms with Crippen LogP contribution in [0.2, 0.25) is 0 Å². The number of carbonyl (C=O) groups excluding carboxylic acids is 1. The van der Waals surface area contributed by atoms with Crippen LogP contribution in [0.25, 0.3) is 0 Å². The van der Waals surface area contributed by atoms with E-state index < -0.39 is 23.5 Å². The normalized spacial score (nSPS) is 14.4. The number of nitrogens with zero attached hydrogens (tertiary/aromatic N) is 2. The molecule has 5 nitrogen and oxygen atoms in total. The molecule has 0 atom stereocenters. The van der Waals surface area contributed by atoms with Crippen molar-refractivity contribution in [3.05, 3.63) is 65.0 Å². The molecule has 1 N–H and O–H groups in total. The summed E-state index contributed by atoms with van der Waals surface area (Å²) in [4.78, 5) is 29.1. The van der Waals surface area contributed by atoms with Gasteiger partial charge in [0.05, 0.1) is 12.1 Å². The van der Waals surface area contributed by atoms with Crippen LogP contribution < -0.4 is 0 Å². The Bertz CT molecular complexity index is 798. The van der Waals surface area contributed by atoms with Crippen LogP contribution in [0.4, 0.5) is 8.78 Å². The SMILES string of the molecule is O=C(O)c1ccc(C(=O)N(Cc2c(F)cccc2F)C2CCCC2)cn1. The fourth-order valence-electron chi connectivity index (χ4n) is 3.25. The Morgan fingerprint density at radius 2 is 1.77 bits per heavy atom. The first-order valence-corrected chi connectivity index (χ1v) is 8.40. The van der Waals surface area contributed by atoms with Gasteiger partial charge in [-0.1, -0.05) is 18.9 Å². The topological polar surface area (TPSA) is 70.5 Å². The maximum atomic E-state index is 14.0. The van der Waals surface area contributed by atoms with E-state index in [2.05, 4.69) is 4.98 Å². The molecule has 1 aromatic carbocycles. The van der Waals surface area contributed by atoms with Crippen LogP contribution in [0, 0.1) is 11.6 Å². The van der Waals surface area contributed by atoms with Crippen molar-refractivity contribution in [3.8, 4) is 0 Å². The van der Waals surface area contributed by atoms with Gasteiger partial charge in [-0.2, -0.15) is 0 Å². The van der Waals surface area contributed by atoms with Gasteiger partial charge in [0.1, 0.15) is 17.3 Å². The van der Waals surface area contributed by atoms with E-state index in [9.17, 15) is 18.4 Å². The summed E-state index contributed by atoms with van der Waals surface area (Å²) in [5.74, 6) is -2.99. The number of carbonyl (C=O) groups is 2. The Balaban J connectivity index is 1.90. The molecule has 26 heavy (non-hydrogen) atoms. The largest absolute Gasteiger partial charge is 0.477 e. The Kier molecular flexibility index (Phi) is 5.25. The number of amides is 1. The van der Waals surface area contributed by atoms with Crippen LogP contribution in [0.5, 0.6) is 0 Å². The number of pyridine rings is 1. The average Bonchev–Trinajstić information content (AvgIpc) is 3.15. The number of benzene rings is 1. The van der Waals surface area contributed by atoms with Crippen LogP contribution in [0.3, 0.4) is 0 Å². The van der Waals surface area contributed by atoms with Crippen molar-refractivity contribution in [2.24, 2.45) is 0 Å². The molecule has 0 saturated heterocycles. The average molecular weight is 360 g/mol. The highest BCUT2D eigenvalue weighted by Crippen LogP contribution is 2.27. The monoisotopic (exact) mass is 360 g/mol. The fraction of sp³-hybridized carbons (Fsp3) is 0.316. The van der Waals surface area contributed by atoms with Crippen molar-refractivity contribution in [1.29, 1.82) is 0 Å². The summed E-state index contributed by atoms with van der Waals surface area (Å²) in [6, 6.07) is 6.12. The predicted octanol–water partition coefficient (Wildman–Crippen LogP) is 3.64. The number of rotatable bonds is 5. The zero-order valence-corrected chi connectivity index (χ0v) is 14.0. The second kappa shape index (κ2) is 7.59. The third-order valence-electron chi connectivity index (χ3n) is 4.65. The Morgan fingerprint density at radius 1 is 1.12 bits per heavy atom. The van der Waals surface area contributed by atoms with Crippen LogP contribution >= 0.6 is 0 Å². The van der Waals surface area contributed by atoms with E-state index in [1.807, 2.05) is 0 Å². The summed E-state index contributed by atoms with van der Waals surface area (Å²) in [6.45, 7) is -0.178. The molecule has 1 aliphatic rings. The van der Waals surface area contributed by atoms with E-state index in [0.29, 0.717) is 0 Å². The first-order chi connectivity index (χ1) is 12.5. The molecule has 0 unspecified atom stereocenters. The van der Waals surface area contributed by atoms with Gasteiger partial charge in [-0.15, -0.1) is 0 Å². The third kappa shape index (κ3) is 3.71. The number of aromatic nitrogens is 1. The minimum absolute atomic E-state index is 0.111. The van der Waals surface area contributed by atoms with Crippen molar-refractivity contribution in [1.82, 2.24) is 9.88 Å². The number of hydrogen-bond donors (Lipinski definition) is 1. The molecule has 1 heterocycles. The van der Waals surface area contributed by atoms with Crippen molar-refractivity contribution in [3.63, 3.8) is 0 Å². The van der Waals surface area contributed by atoms with Crippen molar-refractivity contribution >= 4 is 11.9 Å². The maximum absolute atomic E-state index is 14.0. The maximum Gasteiger partial charge on any atom is 0.354 e. The molecule has 1 fully saturated rings. The zero-order valence-electron chi connectivity index (χ0n) is 14.0. The lowest BCUT2D eigenvalue weighted by atomic mass is 10.1. The molecule has 136 valence electrons. The Labute approximate surface area is 149 Å². The smallest absolute Gasteiger partial charge is 0.354 e. The third-order valence-corrected chi connectivity index (χ3v) is 4.65. The molecule has 0 aliphatic heterocycles. The highest BCUT2D eigenvalue weighted by Gasteiger charge is 2.29. The van der Waals surface area contributed by atoms with Gasteiger partial charge in [-0.25, -0.2) is 18.6 Å². The summed E-state index contributed by atoms with van der Waals surface area (Å²) < 4.78 is 28.1. The molecular weight excluding hydrogens is 342 g/mol. The van der Waals surface area contributed by atoms with Gasteiger partial charge in [0.25, 0.3) is 5.91 Å². The highest BCUT2D eigenvalue weighted by atomic mass is 19.1. The van der Waals surface area contributed by atoms with Gasteiger partial charge < -0.3 is 10.0 Å². The molecule has 3 rings (SSSR count). The van der Waals surface area contributed by atoms with Crippen LogP contribution in [-0.2, 0) is 6.54 Å². The van der Waals surface area contributed by atoms with Crippen LogP contribution in [0.1, 0.15) is 52.1 Å². The summed E-state index contributed by atoms with van der Waals surface area (Å²) in [5.41, 5.74) is -0.129. The molecule has 1 amide bonds. The van der Waals surface area contributed by atoms with E-state index >= 15 is 0 Å². The van der Waals surface area contributed by atoms with E-state index in [4.69, 9.17) is 5.11 Å². The quantitative estimate of drug-likeness (QED) is 0.884. The lowest BCUT2D eigenvalue weighted by molar-refractivity contribution is 0.0653. The highest BCUT2D eigenvalue weighted by molar-refractivity contribution is 5.95. The minimum Gasteiger partial charge on any atom is -0.477 e. The number of carboxylic acid groups (broad SMARTS) is 1. The van der Waals surface area contributed by atoms with Gasteiger partial charge >= 0.3 is 5.97 Å². The second-order valence-electron chi connectivity index (χ2n) is 6.31. The summed E-state index contributed by atoms with van der Waals surface area (Å²) in [5, 5.41) is 8.91. The summed E-state index contributed by atoms with van der Waals surface area (Å²) in [6.07, 6.45) is 4.62. The van der Waals surface area contributed by atoms with Gasteiger partial charge in [-0.05, 0) is 37.1 Å². The molecule has 1 saturated carbocycles. The molecule has 1 aliphatic carbocycles. The molecule has 0 radical (unpaired) electrons. The van der Waals surface area contributed by atoms with E-state index in [1.54, 1.807) is 0 Å². The number of halogens is 2. The van der Waals surface area contributed by atoms with Crippen molar-refractivity contribution < 1.29 is 23.5 Å². The van der Waals surface area contributed by atoms with Crippen LogP contribution in [0.15, 0.2) is 36.5 Å². The van der Waals surface area contributed by atoms with Crippen LogP contribution in [-0.4, -0.2) is 32.9 Å². The van der Waals surface area contributed by atoms with E-state index in [0.717, 1.165) is 25.7 Å². The standard InChI is InChI=1S/C19H18F2N2O3/c20-15-6-3-7-16(21)14(15)11-23(13-4-1-2-5-13)18(24)12-8-9-17(19(25)26)22-10-12/h3,6-10,13H,1-2,4-5,11H2,(H,25,26). The Morgan fingerprint density at radius 3 is 2.31 bits per heavy atom. The number of aromatic carboxylic acids is 1. The summed E-state index contributed by atoms with van der Waals surface area (Å²) in [7, 11) is 0. The molecule has 0 spiro atoms. The Hall–Kier alpha value is -2.83. The molecule has 2 aromatic rings. The van der Waals surface area contributed by atoms with Gasteiger partial charge in [-0.3, -0.25) is 4.79 Å². The molecule has 7 heteroatoms. The van der Waals surface area contributed by atoms with Gasteiger partial charge in [0, 0.05) is 17.8 Å². The van der Waals surface area contributed by atoms with E-state index in [1.165, 1.54) is 41.4 Å². The number of hydrogen-bond acceptors (Lipinski definition) is 3. The first kappa shape index (κ1) is 18.0. The fourth-order valence-corrected chi connectivity index (χ4v) is 3.25. The first-order valence-electron chi connectivity index (χ1n) is 8.40.